The number of benzene rings is 2. The quantitative estimate of drug-likeness (QED) is 0.482. The van der Waals surface area contributed by atoms with Gasteiger partial charge in [0.25, 0.3) is 0 Å². The number of nitrogens with zero attached hydrogens (tertiary/aromatic N) is 1. The summed E-state index contributed by atoms with van der Waals surface area (Å²) in [6, 6.07) is 16.3. The van der Waals surface area contributed by atoms with E-state index in [1.54, 1.807) is 0 Å². The second-order valence-electron chi connectivity index (χ2n) is 4.68. The number of nitrogens with one attached hydrogen (secondary N) is 1. The summed E-state index contributed by atoms with van der Waals surface area (Å²) in [6.07, 6.45) is 0. The molecule has 0 aromatic heterocycles. The number of hydrogen-bond acceptors (Lipinski definition) is 1. The Kier molecular flexibility index (Phi) is 6.51. The van der Waals surface area contributed by atoms with Crippen LogP contribution in [0.25, 0.3) is 0 Å². The molecule has 0 unspecified atom stereocenters. The van der Waals surface area contributed by atoms with Gasteiger partial charge in [0, 0.05) is 5.69 Å². The van der Waals surface area contributed by atoms with Crippen LogP contribution < -0.4 is 11.1 Å². The van der Waals surface area contributed by atoms with Gasteiger partial charge in [0.05, 0.1) is 6.54 Å². The van der Waals surface area contributed by atoms with Gasteiger partial charge in [0.15, 0.2) is 5.96 Å². The zero-order valence-electron chi connectivity index (χ0n) is 11.8. The monoisotopic (exact) mass is 381 g/mol. The second kappa shape index (κ2) is 7.89. The van der Waals surface area contributed by atoms with Crippen LogP contribution in [0.2, 0.25) is 0 Å². The summed E-state index contributed by atoms with van der Waals surface area (Å²) in [5.41, 5.74) is 10.4. The molecule has 0 spiro atoms. The molecular formula is C16H20IN3. The molecule has 0 amide bonds. The predicted molar refractivity (Wildman–Crippen MR) is 96.7 cm³/mol. The molecule has 0 radical (unpaired) electrons. The minimum atomic E-state index is 0. The number of aryl methyl sites for hydroxylation is 2. The highest BCUT2D eigenvalue weighted by Gasteiger charge is 1.96. The number of aliphatic imine (C=N–C) groups is 1. The first kappa shape index (κ1) is 16.5. The summed E-state index contributed by atoms with van der Waals surface area (Å²) < 4.78 is 0. The van der Waals surface area contributed by atoms with E-state index in [1.807, 2.05) is 30.3 Å². The Morgan fingerprint density at radius 3 is 2.40 bits per heavy atom. The van der Waals surface area contributed by atoms with E-state index in [9.17, 15) is 0 Å². The van der Waals surface area contributed by atoms with E-state index in [-0.39, 0.29) is 24.0 Å². The molecule has 0 aliphatic heterocycles. The molecule has 0 heterocycles. The van der Waals surface area contributed by atoms with Crippen molar-refractivity contribution in [3.05, 3.63) is 65.2 Å². The van der Waals surface area contributed by atoms with Crippen molar-refractivity contribution in [2.24, 2.45) is 10.7 Å². The Hall–Kier alpha value is -1.56. The van der Waals surface area contributed by atoms with E-state index in [4.69, 9.17) is 5.73 Å². The molecule has 0 bridgehead atoms. The molecule has 0 saturated carbocycles. The largest absolute Gasteiger partial charge is 0.370 e. The fourth-order valence-corrected chi connectivity index (χ4v) is 1.81. The van der Waals surface area contributed by atoms with Crippen molar-refractivity contribution in [1.29, 1.82) is 0 Å². The van der Waals surface area contributed by atoms with Crippen LogP contribution in [-0.4, -0.2) is 5.96 Å². The Balaban J connectivity index is 0.00000200. The number of rotatable bonds is 3. The van der Waals surface area contributed by atoms with E-state index in [0.29, 0.717) is 12.5 Å². The van der Waals surface area contributed by atoms with Crippen LogP contribution in [0.1, 0.15) is 16.7 Å². The highest BCUT2D eigenvalue weighted by Crippen LogP contribution is 2.09. The summed E-state index contributed by atoms with van der Waals surface area (Å²) >= 11 is 0. The molecule has 0 atom stereocenters. The third kappa shape index (κ3) is 5.21. The van der Waals surface area contributed by atoms with Crippen molar-refractivity contribution in [2.75, 3.05) is 5.32 Å². The summed E-state index contributed by atoms with van der Waals surface area (Å²) in [5.74, 6) is 0.436. The van der Waals surface area contributed by atoms with Gasteiger partial charge in [-0.25, -0.2) is 4.99 Å². The third-order valence-electron chi connectivity index (χ3n) is 2.84. The molecule has 2 aromatic rings. The fourth-order valence-electron chi connectivity index (χ4n) is 1.81. The molecular weight excluding hydrogens is 361 g/mol. The predicted octanol–water partition coefficient (Wildman–Crippen LogP) is 3.85. The first-order valence-corrected chi connectivity index (χ1v) is 6.32. The molecule has 3 N–H and O–H groups in total. The average molecular weight is 381 g/mol. The number of halogens is 1. The first-order chi connectivity index (χ1) is 9.13. The van der Waals surface area contributed by atoms with E-state index in [2.05, 4.69) is 42.4 Å². The van der Waals surface area contributed by atoms with Gasteiger partial charge < -0.3 is 11.1 Å². The van der Waals surface area contributed by atoms with Crippen LogP contribution in [0, 0.1) is 13.8 Å². The van der Waals surface area contributed by atoms with E-state index in [0.717, 1.165) is 11.3 Å². The molecule has 0 aliphatic rings. The summed E-state index contributed by atoms with van der Waals surface area (Å²) in [4.78, 5) is 4.34. The van der Waals surface area contributed by atoms with Crippen molar-refractivity contribution >= 4 is 35.6 Å². The second-order valence-corrected chi connectivity index (χ2v) is 4.68. The highest BCUT2D eigenvalue weighted by atomic mass is 127. The third-order valence-corrected chi connectivity index (χ3v) is 2.84. The van der Waals surface area contributed by atoms with E-state index < -0.39 is 0 Å². The first-order valence-electron chi connectivity index (χ1n) is 6.32. The van der Waals surface area contributed by atoms with Gasteiger partial charge in [-0.2, -0.15) is 0 Å². The smallest absolute Gasteiger partial charge is 0.193 e. The van der Waals surface area contributed by atoms with E-state index in [1.165, 1.54) is 11.1 Å². The standard InChI is InChI=1S/C16H19N3.HI/c1-12-6-8-15(9-7-12)19-16(17)18-11-14-5-3-4-13(2)10-14;/h3-10H,11H2,1-2H3,(H3,17,18,19);1H. The SMILES string of the molecule is Cc1ccc(NC(N)=NCc2cccc(C)c2)cc1.I. The van der Waals surface area contributed by atoms with Gasteiger partial charge in [-0.05, 0) is 31.5 Å². The van der Waals surface area contributed by atoms with Gasteiger partial charge in [-0.1, -0.05) is 47.5 Å². The molecule has 0 saturated heterocycles. The Labute approximate surface area is 137 Å². The lowest BCUT2D eigenvalue weighted by Gasteiger charge is -2.06. The zero-order valence-corrected chi connectivity index (χ0v) is 14.1. The molecule has 4 heteroatoms. The molecule has 0 fully saturated rings. The van der Waals surface area contributed by atoms with Crippen molar-refractivity contribution in [3.63, 3.8) is 0 Å². The van der Waals surface area contributed by atoms with E-state index >= 15 is 0 Å². The molecule has 106 valence electrons. The lowest BCUT2D eigenvalue weighted by molar-refractivity contribution is 1.05. The van der Waals surface area contributed by atoms with Crippen LogP contribution in [0.3, 0.4) is 0 Å². The topological polar surface area (TPSA) is 50.4 Å². The van der Waals surface area contributed by atoms with Gasteiger partial charge >= 0.3 is 0 Å². The van der Waals surface area contributed by atoms with Gasteiger partial charge in [-0.15, -0.1) is 24.0 Å². The van der Waals surface area contributed by atoms with Crippen LogP contribution in [0.4, 0.5) is 5.69 Å². The number of nitrogens with two attached hydrogens (primary N) is 1. The van der Waals surface area contributed by atoms with Crippen molar-refractivity contribution in [1.82, 2.24) is 0 Å². The van der Waals surface area contributed by atoms with Crippen LogP contribution in [-0.2, 0) is 6.54 Å². The minimum absolute atomic E-state index is 0. The average Bonchev–Trinajstić information content (AvgIpc) is 2.39. The lowest BCUT2D eigenvalue weighted by atomic mass is 10.1. The van der Waals surface area contributed by atoms with Crippen molar-refractivity contribution in [2.45, 2.75) is 20.4 Å². The maximum atomic E-state index is 5.87. The molecule has 0 aliphatic carbocycles. The van der Waals surface area contributed by atoms with Crippen LogP contribution >= 0.6 is 24.0 Å². The maximum Gasteiger partial charge on any atom is 0.193 e. The van der Waals surface area contributed by atoms with Crippen molar-refractivity contribution in [3.8, 4) is 0 Å². The maximum absolute atomic E-state index is 5.87. The molecule has 20 heavy (non-hydrogen) atoms. The summed E-state index contributed by atoms with van der Waals surface area (Å²) in [5, 5.41) is 3.08. The van der Waals surface area contributed by atoms with Gasteiger partial charge in [0.2, 0.25) is 0 Å². The number of guanidine groups is 1. The zero-order chi connectivity index (χ0) is 13.7. The normalized spacial score (nSPS) is 10.8. The Morgan fingerprint density at radius 2 is 1.75 bits per heavy atom. The minimum Gasteiger partial charge on any atom is -0.370 e. The van der Waals surface area contributed by atoms with Gasteiger partial charge in [0.1, 0.15) is 0 Å². The Bertz CT molecular complexity index is 577. The van der Waals surface area contributed by atoms with Crippen LogP contribution in [0.15, 0.2) is 53.5 Å². The highest BCUT2D eigenvalue weighted by molar-refractivity contribution is 14.0. The summed E-state index contributed by atoms with van der Waals surface area (Å²) in [6.45, 7) is 4.71. The molecule has 2 aromatic carbocycles. The fraction of sp³-hybridized carbons (Fsp3) is 0.188. The number of hydrogen-bond donors (Lipinski definition) is 2. The molecule has 3 nitrogen and oxygen atoms in total. The summed E-state index contributed by atoms with van der Waals surface area (Å²) in [7, 11) is 0. The van der Waals surface area contributed by atoms with Crippen molar-refractivity contribution < 1.29 is 0 Å². The lowest BCUT2D eigenvalue weighted by Crippen LogP contribution is -2.22. The molecule has 2 rings (SSSR count). The number of anilines is 1. The Morgan fingerprint density at radius 1 is 1.05 bits per heavy atom. The van der Waals surface area contributed by atoms with Gasteiger partial charge in [-0.3, -0.25) is 0 Å². The van der Waals surface area contributed by atoms with Crippen LogP contribution in [0.5, 0.6) is 0 Å².